The van der Waals surface area contributed by atoms with Crippen molar-refractivity contribution in [3.8, 4) is 0 Å². The lowest BCUT2D eigenvalue weighted by Crippen LogP contribution is -2.38. The van der Waals surface area contributed by atoms with Gasteiger partial charge in [-0.2, -0.15) is 0 Å². The zero-order chi connectivity index (χ0) is 16.4. The SMILES string of the molecule is CCNC(=NCc1c(C)cc(C)cc1C)NCCCOCC. The molecule has 124 valence electrons. The number of guanidine groups is 1. The zero-order valence-electron chi connectivity index (χ0n) is 14.8. The highest BCUT2D eigenvalue weighted by Crippen LogP contribution is 2.17. The lowest BCUT2D eigenvalue weighted by molar-refractivity contribution is 0.145. The van der Waals surface area contributed by atoms with E-state index in [1.807, 2.05) is 6.92 Å². The van der Waals surface area contributed by atoms with Crippen LogP contribution in [0.5, 0.6) is 0 Å². The molecule has 0 saturated carbocycles. The highest BCUT2D eigenvalue weighted by molar-refractivity contribution is 5.79. The lowest BCUT2D eigenvalue weighted by Gasteiger charge is -2.13. The zero-order valence-corrected chi connectivity index (χ0v) is 14.8. The summed E-state index contributed by atoms with van der Waals surface area (Å²) in [6, 6.07) is 4.45. The summed E-state index contributed by atoms with van der Waals surface area (Å²) in [5, 5.41) is 6.65. The fourth-order valence-electron chi connectivity index (χ4n) is 2.48. The minimum atomic E-state index is 0.707. The number of benzene rings is 1. The molecule has 0 aromatic heterocycles. The Hall–Kier alpha value is -1.55. The van der Waals surface area contributed by atoms with Gasteiger partial charge in [0.15, 0.2) is 5.96 Å². The summed E-state index contributed by atoms with van der Waals surface area (Å²) in [7, 11) is 0. The summed E-state index contributed by atoms with van der Waals surface area (Å²) < 4.78 is 5.35. The van der Waals surface area contributed by atoms with Crippen LogP contribution in [0.3, 0.4) is 0 Å². The highest BCUT2D eigenvalue weighted by atomic mass is 16.5. The molecule has 0 saturated heterocycles. The second kappa shape index (κ2) is 10.2. The molecular weight excluding hydrogens is 274 g/mol. The van der Waals surface area contributed by atoms with Gasteiger partial charge in [0.1, 0.15) is 0 Å². The van der Waals surface area contributed by atoms with E-state index in [2.05, 4.69) is 50.5 Å². The van der Waals surface area contributed by atoms with Crippen molar-refractivity contribution in [3.63, 3.8) is 0 Å². The highest BCUT2D eigenvalue weighted by Gasteiger charge is 2.04. The molecule has 0 radical (unpaired) electrons. The van der Waals surface area contributed by atoms with Gasteiger partial charge in [0.25, 0.3) is 0 Å². The third-order valence-electron chi connectivity index (χ3n) is 3.54. The predicted molar refractivity (Wildman–Crippen MR) is 94.6 cm³/mol. The standard InChI is InChI=1S/C18H31N3O/c1-6-19-18(20-9-8-10-22-7-2)21-13-17-15(4)11-14(3)12-16(17)5/h11-12H,6-10,13H2,1-5H3,(H2,19,20,21). The molecule has 0 aliphatic carbocycles. The smallest absolute Gasteiger partial charge is 0.191 e. The molecule has 2 N–H and O–H groups in total. The van der Waals surface area contributed by atoms with Crippen molar-refractivity contribution < 1.29 is 4.74 Å². The molecule has 0 spiro atoms. The molecular formula is C18H31N3O. The summed E-state index contributed by atoms with van der Waals surface area (Å²) in [6.45, 7) is 14.6. The van der Waals surface area contributed by atoms with Crippen molar-refractivity contribution in [1.29, 1.82) is 0 Å². The van der Waals surface area contributed by atoms with Crippen molar-refractivity contribution in [3.05, 3.63) is 34.4 Å². The van der Waals surface area contributed by atoms with Gasteiger partial charge in [-0.25, -0.2) is 4.99 Å². The molecule has 0 atom stereocenters. The predicted octanol–water partition coefficient (Wildman–Crippen LogP) is 3.09. The first kappa shape index (κ1) is 18.5. The molecule has 0 heterocycles. The first-order valence-electron chi connectivity index (χ1n) is 8.25. The Morgan fingerprint density at radius 1 is 1.09 bits per heavy atom. The molecule has 4 heteroatoms. The van der Waals surface area contributed by atoms with Crippen molar-refractivity contribution in [2.75, 3.05) is 26.3 Å². The maximum atomic E-state index is 5.35. The molecule has 0 aliphatic rings. The van der Waals surface area contributed by atoms with E-state index in [1.54, 1.807) is 0 Å². The molecule has 1 rings (SSSR count). The maximum Gasteiger partial charge on any atom is 0.191 e. The minimum absolute atomic E-state index is 0.707. The quantitative estimate of drug-likeness (QED) is 0.441. The Morgan fingerprint density at radius 3 is 2.36 bits per heavy atom. The van der Waals surface area contributed by atoms with Gasteiger partial charge in [0.05, 0.1) is 6.54 Å². The summed E-state index contributed by atoms with van der Waals surface area (Å²) in [5.74, 6) is 0.873. The topological polar surface area (TPSA) is 45.7 Å². The fourth-order valence-corrected chi connectivity index (χ4v) is 2.48. The van der Waals surface area contributed by atoms with Gasteiger partial charge in [-0.1, -0.05) is 17.7 Å². The third-order valence-corrected chi connectivity index (χ3v) is 3.54. The van der Waals surface area contributed by atoms with Gasteiger partial charge in [-0.15, -0.1) is 0 Å². The average molecular weight is 305 g/mol. The Morgan fingerprint density at radius 2 is 1.77 bits per heavy atom. The van der Waals surface area contributed by atoms with Crippen LogP contribution >= 0.6 is 0 Å². The average Bonchev–Trinajstić information content (AvgIpc) is 2.45. The Balaban J connectivity index is 2.62. The Labute approximate surface area is 135 Å². The minimum Gasteiger partial charge on any atom is -0.382 e. The summed E-state index contributed by atoms with van der Waals surface area (Å²) in [5.41, 5.74) is 5.25. The molecule has 0 unspecified atom stereocenters. The van der Waals surface area contributed by atoms with Crippen LogP contribution < -0.4 is 10.6 Å². The maximum absolute atomic E-state index is 5.35. The first-order chi connectivity index (χ1) is 10.6. The fraction of sp³-hybridized carbons (Fsp3) is 0.611. The van der Waals surface area contributed by atoms with Gasteiger partial charge < -0.3 is 15.4 Å². The van der Waals surface area contributed by atoms with E-state index in [4.69, 9.17) is 9.73 Å². The van der Waals surface area contributed by atoms with E-state index < -0.39 is 0 Å². The van der Waals surface area contributed by atoms with E-state index in [1.165, 1.54) is 22.3 Å². The van der Waals surface area contributed by atoms with Crippen molar-refractivity contribution in [1.82, 2.24) is 10.6 Å². The van der Waals surface area contributed by atoms with Crippen molar-refractivity contribution >= 4 is 5.96 Å². The molecule has 1 aromatic carbocycles. The van der Waals surface area contributed by atoms with Crippen LogP contribution in [0, 0.1) is 20.8 Å². The second-order valence-corrected chi connectivity index (χ2v) is 5.55. The van der Waals surface area contributed by atoms with Crippen LogP contribution in [-0.2, 0) is 11.3 Å². The van der Waals surface area contributed by atoms with E-state index in [0.717, 1.165) is 38.7 Å². The van der Waals surface area contributed by atoms with Gasteiger partial charge in [0.2, 0.25) is 0 Å². The van der Waals surface area contributed by atoms with Gasteiger partial charge >= 0.3 is 0 Å². The third kappa shape index (κ3) is 6.48. The van der Waals surface area contributed by atoms with E-state index in [9.17, 15) is 0 Å². The number of hydrogen-bond donors (Lipinski definition) is 2. The van der Waals surface area contributed by atoms with Gasteiger partial charge in [-0.05, 0) is 57.7 Å². The van der Waals surface area contributed by atoms with Crippen molar-refractivity contribution in [2.45, 2.75) is 47.6 Å². The molecule has 22 heavy (non-hydrogen) atoms. The largest absolute Gasteiger partial charge is 0.382 e. The summed E-state index contributed by atoms with van der Waals surface area (Å²) in [6.07, 6.45) is 0.987. The lowest BCUT2D eigenvalue weighted by atomic mass is 10.00. The Kier molecular flexibility index (Phi) is 8.60. The number of rotatable bonds is 8. The second-order valence-electron chi connectivity index (χ2n) is 5.55. The van der Waals surface area contributed by atoms with E-state index in [0.29, 0.717) is 6.54 Å². The number of nitrogens with zero attached hydrogens (tertiary/aromatic N) is 1. The van der Waals surface area contributed by atoms with Crippen LogP contribution in [0.1, 0.15) is 42.5 Å². The number of hydrogen-bond acceptors (Lipinski definition) is 2. The van der Waals surface area contributed by atoms with Crippen LogP contribution in [0.25, 0.3) is 0 Å². The van der Waals surface area contributed by atoms with Crippen LogP contribution in [0.4, 0.5) is 0 Å². The monoisotopic (exact) mass is 305 g/mol. The summed E-state index contributed by atoms with van der Waals surface area (Å²) in [4.78, 5) is 4.71. The van der Waals surface area contributed by atoms with E-state index in [-0.39, 0.29) is 0 Å². The number of aliphatic imine (C=N–C) groups is 1. The molecule has 0 bridgehead atoms. The van der Waals surface area contributed by atoms with Gasteiger partial charge in [0, 0.05) is 26.3 Å². The molecule has 4 nitrogen and oxygen atoms in total. The number of ether oxygens (including phenoxy) is 1. The Bertz CT molecular complexity index is 460. The van der Waals surface area contributed by atoms with Crippen LogP contribution in [-0.4, -0.2) is 32.3 Å². The molecule has 0 amide bonds. The van der Waals surface area contributed by atoms with Gasteiger partial charge in [-0.3, -0.25) is 0 Å². The van der Waals surface area contributed by atoms with Crippen LogP contribution in [0.2, 0.25) is 0 Å². The normalized spacial score (nSPS) is 11.6. The molecule has 0 fully saturated rings. The van der Waals surface area contributed by atoms with Crippen LogP contribution in [0.15, 0.2) is 17.1 Å². The first-order valence-corrected chi connectivity index (χ1v) is 8.25. The number of nitrogens with one attached hydrogen (secondary N) is 2. The molecule has 0 aliphatic heterocycles. The summed E-state index contributed by atoms with van der Waals surface area (Å²) >= 11 is 0. The molecule has 1 aromatic rings. The van der Waals surface area contributed by atoms with E-state index >= 15 is 0 Å². The van der Waals surface area contributed by atoms with Crippen molar-refractivity contribution in [2.24, 2.45) is 4.99 Å². The number of aryl methyl sites for hydroxylation is 3.